The third kappa shape index (κ3) is 4.78. The second kappa shape index (κ2) is 8.15. The number of carbonyl (C=O) groups is 1. The number of amides is 1. The van der Waals surface area contributed by atoms with E-state index in [1.54, 1.807) is 6.07 Å². The molecule has 0 bridgehead atoms. The SMILES string of the molecule is Cc1c(Br)c(C(F)(F)F)nn1CC(=O)Nc1ccn(Cc2c(F)cccc2Cl)n1. The Hall–Kier alpha value is -2.40. The number of alkyl halides is 3. The number of carbonyl (C=O) groups excluding carboxylic acids is 1. The average Bonchev–Trinajstić information content (AvgIpc) is 3.17. The van der Waals surface area contributed by atoms with E-state index in [2.05, 4.69) is 31.4 Å². The molecule has 0 radical (unpaired) electrons. The maximum atomic E-state index is 13.9. The number of anilines is 1. The van der Waals surface area contributed by atoms with Crippen molar-refractivity contribution in [3.05, 3.63) is 62.7 Å². The van der Waals surface area contributed by atoms with Crippen molar-refractivity contribution in [2.75, 3.05) is 5.32 Å². The van der Waals surface area contributed by atoms with Crippen LogP contribution in [0.15, 0.2) is 34.9 Å². The van der Waals surface area contributed by atoms with Crippen LogP contribution in [-0.2, 0) is 24.1 Å². The number of rotatable bonds is 5. The fraction of sp³-hybridized carbons (Fsp3) is 0.235. The molecule has 1 aromatic carbocycles. The fourth-order valence-corrected chi connectivity index (χ4v) is 3.27. The minimum Gasteiger partial charge on any atom is -0.308 e. The summed E-state index contributed by atoms with van der Waals surface area (Å²) in [5, 5.41) is 10.2. The van der Waals surface area contributed by atoms with Gasteiger partial charge in [-0.1, -0.05) is 17.7 Å². The molecule has 0 unspecified atom stereocenters. The van der Waals surface area contributed by atoms with Gasteiger partial charge in [0.25, 0.3) is 0 Å². The van der Waals surface area contributed by atoms with E-state index in [4.69, 9.17) is 11.6 Å². The lowest BCUT2D eigenvalue weighted by molar-refractivity contribution is -0.142. The Bertz CT molecular complexity index is 1040. The van der Waals surface area contributed by atoms with Crippen molar-refractivity contribution >= 4 is 39.3 Å². The first-order valence-electron chi connectivity index (χ1n) is 8.12. The quantitative estimate of drug-likeness (QED) is 0.525. The molecule has 0 atom stereocenters. The van der Waals surface area contributed by atoms with Gasteiger partial charge in [0.2, 0.25) is 5.91 Å². The summed E-state index contributed by atoms with van der Waals surface area (Å²) in [6, 6.07) is 5.77. The smallest absolute Gasteiger partial charge is 0.308 e. The highest BCUT2D eigenvalue weighted by Crippen LogP contribution is 2.35. The van der Waals surface area contributed by atoms with Gasteiger partial charge in [-0.3, -0.25) is 14.2 Å². The van der Waals surface area contributed by atoms with Crippen LogP contribution in [0.3, 0.4) is 0 Å². The van der Waals surface area contributed by atoms with Crippen molar-refractivity contribution in [1.29, 1.82) is 0 Å². The third-order valence-electron chi connectivity index (χ3n) is 3.99. The van der Waals surface area contributed by atoms with Crippen LogP contribution >= 0.6 is 27.5 Å². The maximum Gasteiger partial charge on any atom is 0.436 e. The molecule has 12 heteroatoms. The van der Waals surface area contributed by atoms with Crippen LogP contribution in [0, 0.1) is 12.7 Å². The van der Waals surface area contributed by atoms with Crippen LogP contribution in [0.1, 0.15) is 17.0 Å². The summed E-state index contributed by atoms with van der Waals surface area (Å²) in [6.07, 6.45) is -3.13. The minimum absolute atomic E-state index is 0.0432. The summed E-state index contributed by atoms with van der Waals surface area (Å²) < 4.78 is 54.7. The first-order valence-corrected chi connectivity index (χ1v) is 9.29. The van der Waals surface area contributed by atoms with Crippen molar-refractivity contribution in [3.63, 3.8) is 0 Å². The standard InChI is InChI=1S/C17H13BrClF4N5O/c1-9-15(18)16(17(21,22)23)26-28(9)8-14(29)24-13-5-6-27(25-13)7-10-11(19)3-2-4-12(10)20/h2-6H,7-8H2,1H3,(H,24,25,29). The number of halogens is 6. The lowest BCUT2D eigenvalue weighted by atomic mass is 10.2. The second-order valence-electron chi connectivity index (χ2n) is 6.05. The molecule has 3 rings (SSSR count). The van der Waals surface area contributed by atoms with Gasteiger partial charge in [0.15, 0.2) is 11.5 Å². The summed E-state index contributed by atoms with van der Waals surface area (Å²) in [5.74, 6) is -0.952. The van der Waals surface area contributed by atoms with E-state index in [0.29, 0.717) is 0 Å². The van der Waals surface area contributed by atoms with Crippen molar-refractivity contribution in [2.45, 2.75) is 26.2 Å². The maximum absolute atomic E-state index is 13.9. The summed E-state index contributed by atoms with van der Waals surface area (Å²) in [6.45, 7) is 1.01. The molecule has 0 aliphatic carbocycles. The molecule has 6 nitrogen and oxygen atoms in total. The molecule has 0 spiro atoms. The van der Waals surface area contributed by atoms with Gasteiger partial charge in [-0.2, -0.15) is 23.4 Å². The molecule has 2 heterocycles. The Morgan fingerprint density at radius 3 is 2.62 bits per heavy atom. The van der Waals surface area contributed by atoms with Crippen LogP contribution in [-0.4, -0.2) is 25.5 Å². The van der Waals surface area contributed by atoms with E-state index in [1.807, 2.05) is 0 Å². The lowest BCUT2D eigenvalue weighted by Crippen LogP contribution is -2.21. The summed E-state index contributed by atoms with van der Waals surface area (Å²) in [7, 11) is 0. The van der Waals surface area contributed by atoms with Crippen molar-refractivity contribution in [3.8, 4) is 0 Å². The molecule has 0 aliphatic heterocycles. The number of nitrogens with one attached hydrogen (secondary N) is 1. The van der Waals surface area contributed by atoms with E-state index in [-0.39, 0.29) is 33.1 Å². The average molecular weight is 495 g/mol. The fourth-order valence-electron chi connectivity index (χ4n) is 2.54. The van der Waals surface area contributed by atoms with E-state index >= 15 is 0 Å². The van der Waals surface area contributed by atoms with Gasteiger partial charge in [0.1, 0.15) is 12.4 Å². The van der Waals surface area contributed by atoms with Crippen LogP contribution in [0.25, 0.3) is 0 Å². The van der Waals surface area contributed by atoms with E-state index in [1.165, 1.54) is 36.0 Å². The van der Waals surface area contributed by atoms with Crippen LogP contribution in [0.2, 0.25) is 5.02 Å². The van der Waals surface area contributed by atoms with Gasteiger partial charge in [-0.25, -0.2) is 4.39 Å². The highest BCUT2D eigenvalue weighted by atomic mass is 79.9. The first kappa shape index (κ1) is 21.3. The molecule has 0 saturated heterocycles. The number of nitrogens with zero attached hydrogens (tertiary/aromatic N) is 4. The minimum atomic E-state index is -4.64. The van der Waals surface area contributed by atoms with Crippen molar-refractivity contribution in [1.82, 2.24) is 19.6 Å². The number of aromatic nitrogens is 4. The normalized spacial score (nSPS) is 11.7. The summed E-state index contributed by atoms with van der Waals surface area (Å²) in [5.41, 5.74) is -0.701. The van der Waals surface area contributed by atoms with Crippen molar-refractivity contribution in [2.24, 2.45) is 0 Å². The first-order chi connectivity index (χ1) is 13.6. The Balaban J connectivity index is 1.68. The van der Waals surface area contributed by atoms with Crippen LogP contribution < -0.4 is 5.32 Å². The molecule has 0 fully saturated rings. The van der Waals surface area contributed by atoms with Gasteiger partial charge in [-0.15, -0.1) is 0 Å². The molecular formula is C17H13BrClF4N5O. The predicted octanol–water partition coefficient (Wildman–Crippen LogP) is 4.65. The van der Waals surface area contributed by atoms with Crippen LogP contribution in [0.4, 0.5) is 23.4 Å². The Labute approximate surface area is 175 Å². The number of benzene rings is 1. The third-order valence-corrected chi connectivity index (χ3v) is 5.29. The Morgan fingerprint density at radius 1 is 1.28 bits per heavy atom. The monoisotopic (exact) mass is 493 g/mol. The summed E-state index contributed by atoms with van der Waals surface area (Å²) >= 11 is 8.83. The zero-order valence-corrected chi connectivity index (χ0v) is 17.1. The van der Waals surface area contributed by atoms with Crippen LogP contribution in [0.5, 0.6) is 0 Å². The highest BCUT2D eigenvalue weighted by molar-refractivity contribution is 9.10. The second-order valence-corrected chi connectivity index (χ2v) is 7.25. The Morgan fingerprint density at radius 2 is 2.00 bits per heavy atom. The van der Waals surface area contributed by atoms with Gasteiger partial charge >= 0.3 is 6.18 Å². The lowest BCUT2D eigenvalue weighted by Gasteiger charge is -2.06. The molecule has 0 aliphatic rings. The molecule has 1 amide bonds. The van der Waals surface area contributed by atoms with E-state index in [9.17, 15) is 22.4 Å². The largest absolute Gasteiger partial charge is 0.436 e. The molecular weight excluding hydrogens is 482 g/mol. The zero-order chi connectivity index (χ0) is 21.3. The molecule has 154 valence electrons. The molecule has 3 aromatic rings. The number of hydrogen-bond acceptors (Lipinski definition) is 3. The van der Waals surface area contributed by atoms with Gasteiger partial charge in [0.05, 0.1) is 16.7 Å². The molecule has 1 N–H and O–H groups in total. The van der Waals surface area contributed by atoms with Gasteiger partial charge < -0.3 is 5.32 Å². The highest BCUT2D eigenvalue weighted by Gasteiger charge is 2.38. The molecule has 2 aromatic heterocycles. The van der Waals surface area contributed by atoms with Crippen molar-refractivity contribution < 1.29 is 22.4 Å². The van der Waals surface area contributed by atoms with E-state index < -0.39 is 30.1 Å². The number of hydrogen-bond donors (Lipinski definition) is 1. The van der Waals surface area contributed by atoms with Gasteiger partial charge in [0, 0.05) is 22.8 Å². The Kier molecular flexibility index (Phi) is 5.99. The predicted molar refractivity (Wildman–Crippen MR) is 101 cm³/mol. The zero-order valence-electron chi connectivity index (χ0n) is 14.8. The van der Waals surface area contributed by atoms with E-state index in [0.717, 1.165) is 4.68 Å². The molecule has 29 heavy (non-hydrogen) atoms. The summed E-state index contributed by atoms with van der Waals surface area (Å²) in [4.78, 5) is 12.2. The topological polar surface area (TPSA) is 64.7 Å². The van der Waals surface area contributed by atoms with Gasteiger partial charge in [-0.05, 0) is 35.0 Å². The molecule has 0 saturated carbocycles.